The summed E-state index contributed by atoms with van der Waals surface area (Å²) in [5.74, 6) is -1.72. The van der Waals surface area contributed by atoms with E-state index in [1.807, 2.05) is 18.2 Å². The van der Waals surface area contributed by atoms with Crippen LogP contribution in [0.4, 0.5) is 17.6 Å². The Kier molecular flexibility index (Phi) is 10.8. The van der Waals surface area contributed by atoms with Crippen LogP contribution in [0.5, 0.6) is 11.5 Å². The van der Waals surface area contributed by atoms with Crippen molar-refractivity contribution in [2.24, 2.45) is 0 Å². The van der Waals surface area contributed by atoms with Gasteiger partial charge in [0, 0.05) is 25.7 Å². The lowest BCUT2D eigenvalue weighted by molar-refractivity contribution is -0.192. The van der Waals surface area contributed by atoms with Crippen LogP contribution in [0.1, 0.15) is 47.6 Å². The van der Waals surface area contributed by atoms with Crippen LogP contribution in [-0.2, 0) is 24.2 Å². The number of rotatable bonds is 8. The normalized spacial score (nSPS) is 17.6. The topological polar surface area (TPSA) is 73.2 Å². The molecule has 5 rings (SSSR count). The number of aromatic hydroxyl groups is 1. The minimum Gasteiger partial charge on any atom is -0.508 e. The molecule has 0 aliphatic carbocycles. The van der Waals surface area contributed by atoms with E-state index in [0.29, 0.717) is 5.75 Å². The number of phenolic OH excluding ortho intramolecular Hbond substituents is 1. The number of ether oxygens (including phenoxy) is 1. The number of phenols is 1. The molecule has 0 saturated carbocycles. The Morgan fingerprint density at radius 3 is 2.19 bits per heavy atom. The van der Waals surface area contributed by atoms with Gasteiger partial charge in [-0.3, -0.25) is 9.80 Å². The highest BCUT2D eigenvalue weighted by Gasteiger charge is 2.38. The summed E-state index contributed by atoms with van der Waals surface area (Å²) in [7, 11) is 0. The molecule has 2 N–H and O–H groups in total. The Morgan fingerprint density at radius 2 is 1.55 bits per heavy atom. The summed E-state index contributed by atoms with van der Waals surface area (Å²) in [6, 6.07) is 21.2. The fraction of sp³-hybridized carbons (Fsp3) is 0.406. The van der Waals surface area contributed by atoms with Crippen LogP contribution >= 0.6 is 0 Å². The Morgan fingerprint density at radius 1 is 0.905 bits per heavy atom. The second kappa shape index (κ2) is 14.5. The van der Waals surface area contributed by atoms with Gasteiger partial charge in [-0.15, -0.1) is 0 Å². The van der Waals surface area contributed by atoms with Crippen molar-refractivity contribution in [2.45, 2.75) is 50.9 Å². The Labute approximate surface area is 243 Å². The zero-order valence-corrected chi connectivity index (χ0v) is 23.3. The number of halogens is 4. The first-order chi connectivity index (χ1) is 20.1. The number of nitrogens with zero attached hydrogens (tertiary/aromatic N) is 2. The van der Waals surface area contributed by atoms with Gasteiger partial charge in [0.2, 0.25) is 0 Å². The van der Waals surface area contributed by atoms with Crippen molar-refractivity contribution >= 4 is 5.97 Å². The van der Waals surface area contributed by atoms with E-state index in [1.54, 1.807) is 6.07 Å². The minimum atomic E-state index is -5.08. The number of aliphatic carboxylic acids is 1. The Balaban J connectivity index is 0.000000517. The van der Waals surface area contributed by atoms with E-state index in [0.717, 1.165) is 50.4 Å². The summed E-state index contributed by atoms with van der Waals surface area (Å²) in [6.45, 7) is 5.77. The number of fused-ring (bicyclic) bond motifs is 1. The van der Waals surface area contributed by atoms with Crippen LogP contribution in [0.3, 0.4) is 0 Å². The van der Waals surface area contributed by atoms with E-state index in [9.17, 15) is 22.7 Å². The number of carbonyl (C=O) groups is 1. The van der Waals surface area contributed by atoms with Gasteiger partial charge in [-0.25, -0.2) is 9.18 Å². The number of carboxylic acids is 1. The highest BCUT2D eigenvalue weighted by atomic mass is 19.4. The summed E-state index contributed by atoms with van der Waals surface area (Å²) < 4.78 is 51.2. The van der Waals surface area contributed by atoms with Crippen LogP contribution < -0.4 is 4.74 Å². The van der Waals surface area contributed by atoms with Gasteiger partial charge in [-0.1, -0.05) is 36.8 Å². The smallest absolute Gasteiger partial charge is 0.490 e. The van der Waals surface area contributed by atoms with Crippen molar-refractivity contribution in [2.75, 3.05) is 32.8 Å². The Bertz CT molecular complexity index is 1290. The number of alkyl halides is 3. The number of benzene rings is 3. The monoisotopic (exact) mass is 588 g/mol. The zero-order valence-electron chi connectivity index (χ0n) is 23.3. The maximum Gasteiger partial charge on any atom is 0.490 e. The molecule has 2 aliphatic heterocycles. The van der Waals surface area contributed by atoms with Crippen LogP contribution in [0.25, 0.3) is 0 Å². The second-order valence-electron chi connectivity index (χ2n) is 10.6. The Hall–Kier alpha value is -3.63. The van der Waals surface area contributed by atoms with Gasteiger partial charge in [-0.05, 0) is 97.4 Å². The molecule has 0 aromatic heterocycles. The number of piperidine rings is 1. The van der Waals surface area contributed by atoms with Gasteiger partial charge in [-0.2, -0.15) is 13.2 Å². The van der Waals surface area contributed by atoms with Crippen LogP contribution in [-0.4, -0.2) is 64.9 Å². The zero-order chi connectivity index (χ0) is 30.1. The first-order valence-corrected chi connectivity index (χ1v) is 14.1. The first-order valence-electron chi connectivity index (χ1n) is 14.1. The molecule has 42 heavy (non-hydrogen) atoms. The molecule has 10 heteroatoms. The summed E-state index contributed by atoms with van der Waals surface area (Å²) in [5.41, 5.74) is 4.83. The third-order valence-electron chi connectivity index (χ3n) is 7.61. The molecular weight excluding hydrogens is 552 g/mol. The molecule has 0 amide bonds. The third-order valence-corrected chi connectivity index (χ3v) is 7.61. The summed E-state index contributed by atoms with van der Waals surface area (Å²) in [6.07, 6.45) is 0.638. The predicted molar refractivity (Wildman–Crippen MR) is 151 cm³/mol. The molecular formula is C32H36F4N2O4. The maximum atomic E-state index is 13.4. The van der Waals surface area contributed by atoms with Crippen molar-refractivity contribution in [3.63, 3.8) is 0 Å². The molecule has 2 aliphatic rings. The highest BCUT2D eigenvalue weighted by Crippen LogP contribution is 2.35. The highest BCUT2D eigenvalue weighted by molar-refractivity contribution is 5.73. The van der Waals surface area contributed by atoms with E-state index < -0.39 is 12.1 Å². The van der Waals surface area contributed by atoms with Gasteiger partial charge >= 0.3 is 12.1 Å². The van der Waals surface area contributed by atoms with Gasteiger partial charge in [0.25, 0.3) is 0 Å². The summed E-state index contributed by atoms with van der Waals surface area (Å²) in [4.78, 5) is 13.9. The lowest BCUT2D eigenvalue weighted by atomic mass is 9.88. The number of hydrogen-bond acceptors (Lipinski definition) is 5. The van der Waals surface area contributed by atoms with Crippen LogP contribution in [0.15, 0.2) is 66.7 Å². The van der Waals surface area contributed by atoms with Crippen molar-refractivity contribution < 1.29 is 37.3 Å². The van der Waals surface area contributed by atoms with E-state index in [4.69, 9.17) is 14.6 Å². The fourth-order valence-electron chi connectivity index (χ4n) is 5.42. The molecule has 0 radical (unpaired) electrons. The summed E-state index contributed by atoms with van der Waals surface area (Å²) in [5, 5.41) is 17.1. The maximum absolute atomic E-state index is 13.4. The number of carboxylic acid groups (broad SMARTS) is 1. The SMILES string of the molecule is O=C(O)C(F)(F)F.Oc1ccc2c(c1)CCN(Cc1ccc(F)cc1)C2Cc1ccc(OCCN2CCCCC2)cc1. The molecule has 6 nitrogen and oxygen atoms in total. The molecule has 1 atom stereocenters. The van der Waals surface area contributed by atoms with Crippen molar-refractivity contribution in [3.8, 4) is 11.5 Å². The fourth-order valence-corrected chi connectivity index (χ4v) is 5.42. The lowest BCUT2D eigenvalue weighted by Crippen LogP contribution is -2.36. The number of likely N-dealkylation sites (tertiary alicyclic amines) is 1. The largest absolute Gasteiger partial charge is 0.508 e. The second-order valence-corrected chi connectivity index (χ2v) is 10.6. The van der Waals surface area contributed by atoms with Crippen molar-refractivity contribution in [3.05, 3.63) is 94.8 Å². The average Bonchev–Trinajstić information content (AvgIpc) is 2.96. The summed E-state index contributed by atoms with van der Waals surface area (Å²) >= 11 is 0. The molecule has 226 valence electrons. The van der Waals surface area contributed by atoms with Gasteiger partial charge in [0.1, 0.15) is 23.9 Å². The van der Waals surface area contributed by atoms with E-state index in [2.05, 4.69) is 40.1 Å². The minimum absolute atomic E-state index is 0.190. The molecule has 3 aromatic carbocycles. The van der Waals surface area contributed by atoms with Crippen molar-refractivity contribution in [1.82, 2.24) is 9.80 Å². The van der Waals surface area contributed by atoms with Gasteiger partial charge in [0.15, 0.2) is 0 Å². The average molecular weight is 589 g/mol. The first kappa shape index (κ1) is 31.3. The third kappa shape index (κ3) is 9.19. The van der Waals surface area contributed by atoms with Gasteiger partial charge < -0.3 is 14.9 Å². The molecule has 1 saturated heterocycles. The molecule has 0 bridgehead atoms. The lowest BCUT2D eigenvalue weighted by Gasteiger charge is -2.38. The van der Waals surface area contributed by atoms with E-state index in [-0.39, 0.29) is 11.9 Å². The number of hydrogen-bond donors (Lipinski definition) is 2. The molecule has 3 aromatic rings. The molecule has 2 heterocycles. The predicted octanol–water partition coefficient (Wildman–Crippen LogP) is 6.37. The van der Waals surface area contributed by atoms with Crippen LogP contribution in [0.2, 0.25) is 0 Å². The van der Waals surface area contributed by atoms with Gasteiger partial charge in [0.05, 0.1) is 0 Å². The molecule has 0 spiro atoms. The standard InChI is InChI=1S/C30H35FN2O2.C2HF3O2/c31-26-8-4-24(5-9-26)22-33-17-14-25-21-27(34)10-13-29(25)30(33)20-23-6-11-28(12-7-23)35-19-18-32-15-2-1-3-16-32;3-2(4,5)1(6)7/h4-13,21,30,34H,1-3,14-20,22H2;(H,6,7). The molecule has 1 unspecified atom stereocenters. The quantitative estimate of drug-likeness (QED) is 0.298. The van der Waals surface area contributed by atoms with Crippen LogP contribution in [0, 0.1) is 5.82 Å². The molecule has 1 fully saturated rings. The van der Waals surface area contributed by atoms with E-state index >= 15 is 0 Å². The van der Waals surface area contributed by atoms with E-state index in [1.165, 1.54) is 61.2 Å². The van der Waals surface area contributed by atoms with Crippen molar-refractivity contribution in [1.29, 1.82) is 0 Å².